The zero-order valence-corrected chi connectivity index (χ0v) is 20.2. The molecule has 5 heteroatoms. The summed E-state index contributed by atoms with van der Waals surface area (Å²) >= 11 is 0. The maximum absolute atomic E-state index is 13.7. The van der Waals surface area contributed by atoms with E-state index in [1.165, 1.54) is 25.7 Å². The van der Waals surface area contributed by atoms with Crippen LogP contribution in [0.25, 0.3) is 0 Å². The van der Waals surface area contributed by atoms with Crippen molar-refractivity contribution in [3.8, 4) is 0 Å². The van der Waals surface area contributed by atoms with Gasteiger partial charge in [0.2, 0.25) is 5.92 Å². The Morgan fingerprint density at radius 2 is 1.88 bits per heavy atom. The normalized spacial score (nSPS) is 42.5. The molecule has 3 nitrogen and oxygen atoms in total. The van der Waals surface area contributed by atoms with Crippen LogP contribution in [0.4, 0.5) is 8.78 Å². The lowest BCUT2D eigenvalue weighted by atomic mass is 9.61. The fraction of sp³-hybridized carbons (Fsp3) is 0.852. The number of rotatable bonds is 5. The van der Waals surface area contributed by atoms with Crippen LogP contribution < -0.4 is 0 Å². The molecule has 0 radical (unpaired) electrons. The monoisotopic (exact) mass is 451 g/mol. The lowest BCUT2D eigenvalue weighted by Gasteiger charge is -2.45. The summed E-state index contributed by atoms with van der Waals surface area (Å²) in [5, 5.41) is 20.0. The van der Waals surface area contributed by atoms with Crippen molar-refractivity contribution in [2.24, 2.45) is 29.1 Å². The fourth-order valence-electron chi connectivity index (χ4n) is 7.69. The van der Waals surface area contributed by atoms with E-state index in [1.54, 1.807) is 5.57 Å². The lowest BCUT2D eigenvalue weighted by Crippen LogP contribution is -2.40. The number of hydrogen-bond acceptors (Lipinski definition) is 3. The molecule has 3 saturated carbocycles. The summed E-state index contributed by atoms with van der Waals surface area (Å²) in [5.41, 5.74) is 3.00. The second kappa shape index (κ2) is 9.46. The minimum absolute atomic E-state index is 0.293. The van der Waals surface area contributed by atoms with Crippen molar-refractivity contribution in [2.75, 3.05) is 19.6 Å². The lowest BCUT2D eigenvalue weighted by molar-refractivity contribution is -0.0360. The highest BCUT2D eigenvalue weighted by molar-refractivity contribution is 5.26. The van der Waals surface area contributed by atoms with E-state index in [1.807, 2.05) is 0 Å². The van der Waals surface area contributed by atoms with E-state index in [4.69, 9.17) is 0 Å². The molecule has 2 N–H and O–H groups in total. The Hall–Kier alpha value is -0.780. The highest BCUT2D eigenvalue weighted by atomic mass is 19.3. The van der Waals surface area contributed by atoms with Crippen molar-refractivity contribution < 1.29 is 19.0 Å². The Morgan fingerprint density at radius 1 is 1.16 bits per heavy atom. The minimum Gasteiger partial charge on any atom is -0.393 e. The van der Waals surface area contributed by atoms with Gasteiger partial charge in [0.1, 0.15) is 0 Å². The molecule has 0 aromatic rings. The van der Waals surface area contributed by atoms with Crippen LogP contribution in [0.1, 0.15) is 78.6 Å². The Bertz CT molecular complexity index is 718. The second-order valence-electron chi connectivity index (χ2n) is 11.8. The topological polar surface area (TPSA) is 43.7 Å². The fourth-order valence-corrected chi connectivity index (χ4v) is 7.69. The zero-order chi connectivity index (χ0) is 23.1. The molecule has 182 valence electrons. The first-order chi connectivity index (χ1) is 15.1. The molecule has 3 aliphatic carbocycles. The van der Waals surface area contributed by atoms with Gasteiger partial charge in [-0.1, -0.05) is 37.1 Å². The quantitative estimate of drug-likeness (QED) is 0.574. The van der Waals surface area contributed by atoms with Crippen LogP contribution in [0, 0.1) is 29.1 Å². The Morgan fingerprint density at radius 3 is 2.53 bits per heavy atom. The summed E-state index contributed by atoms with van der Waals surface area (Å²) < 4.78 is 27.5. The number of likely N-dealkylation sites (tertiary alicyclic amines) is 1. The van der Waals surface area contributed by atoms with Crippen molar-refractivity contribution in [1.29, 1.82) is 0 Å². The maximum Gasteiger partial charge on any atom is 0.249 e. The number of alkyl halides is 2. The van der Waals surface area contributed by atoms with Gasteiger partial charge in [-0.2, -0.15) is 0 Å². The first kappa shape index (κ1) is 24.3. The summed E-state index contributed by atoms with van der Waals surface area (Å²) in [6.45, 7) is 8.19. The van der Waals surface area contributed by atoms with E-state index < -0.39 is 24.0 Å². The average Bonchev–Trinajstić information content (AvgIpc) is 3.29. The van der Waals surface area contributed by atoms with Crippen LogP contribution in [-0.2, 0) is 0 Å². The molecule has 4 rings (SSSR count). The number of halogens is 2. The number of allylic oxidation sites excluding steroid dienone is 3. The number of nitrogens with zero attached hydrogens (tertiary/aromatic N) is 1. The summed E-state index contributed by atoms with van der Waals surface area (Å²) in [5.74, 6) is -1.29. The molecule has 4 aliphatic rings. The molecule has 0 amide bonds. The molecule has 0 aromatic heterocycles. The average molecular weight is 452 g/mol. The van der Waals surface area contributed by atoms with Gasteiger partial charge in [-0.05, 0) is 94.4 Å². The number of fused-ring (bicyclic) bond motifs is 1. The Labute approximate surface area is 193 Å². The van der Waals surface area contributed by atoms with Gasteiger partial charge in [-0.25, -0.2) is 8.78 Å². The molecule has 7 atom stereocenters. The Kier molecular flexibility index (Phi) is 7.20. The van der Waals surface area contributed by atoms with Gasteiger partial charge >= 0.3 is 0 Å². The van der Waals surface area contributed by atoms with Gasteiger partial charge in [0.25, 0.3) is 0 Å². The van der Waals surface area contributed by atoms with Crippen LogP contribution in [0.3, 0.4) is 0 Å². The molecule has 0 bridgehead atoms. The van der Waals surface area contributed by atoms with Crippen LogP contribution in [0.15, 0.2) is 23.3 Å². The summed E-state index contributed by atoms with van der Waals surface area (Å²) in [4.78, 5) is 2.28. The second-order valence-corrected chi connectivity index (χ2v) is 11.8. The summed E-state index contributed by atoms with van der Waals surface area (Å²) in [6, 6.07) is 0. The van der Waals surface area contributed by atoms with Crippen molar-refractivity contribution >= 4 is 0 Å². The van der Waals surface area contributed by atoms with Gasteiger partial charge in [0.15, 0.2) is 0 Å². The van der Waals surface area contributed by atoms with Crippen LogP contribution in [-0.4, -0.2) is 52.9 Å². The number of hydrogen-bond donors (Lipinski definition) is 2. The van der Waals surface area contributed by atoms with Crippen molar-refractivity contribution in [3.63, 3.8) is 0 Å². The van der Waals surface area contributed by atoms with Gasteiger partial charge in [0, 0.05) is 19.0 Å². The third kappa shape index (κ3) is 5.15. The third-order valence-corrected chi connectivity index (χ3v) is 9.33. The Balaban J connectivity index is 1.41. The van der Waals surface area contributed by atoms with E-state index in [0.717, 1.165) is 32.0 Å². The van der Waals surface area contributed by atoms with Crippen molar-refractivity contribution in [2.45, 2.75) is 96.7 Å². The van der Waals surface area contributed by atoms with Crippen LogP contribution in [0.2, 0.25) is 0 Å². The van der Waals surface area contributed by atoms with Crippen LogP contribution in [0.5, 0.6) is 0 Å². The minimum atomic E-state index is -2.57. The van der Waals surface area contributed by atoms with E-state index in [2.05, 4.69) is 30.9 Å². The first-order valence-corrected chi connectivity index (χ1v) is 12.9. The van der Waals surface area contributed by atoms with Gasteiger partial charge in [0.05, 0.1) is 12.2 Å². The van der Waals surface area contributed by atoms with E-state index in [0.29, 0.717) is 55.4 Å². The molecule has 32 heavy (non-hydrogen) atoms. The largest absolute Gasteiger partial charge is 0.393 e. The zero-order valence-electron chi connectivity index (χ0n) is 20.2. The molecular weight excluding hydrogens is 408 g/mol. The van der Waals surface area contributed by atoms with E-state index >= 15 is 0 Å². The number of aliphatic hydroxyl groups excluding tert-OH is 2. The molecule has 0 spiro atoms. The predicted octanol–water partition coefficient (Wildman–Crippen LogP) is 5.57. The molecular formula is C27H43F2NO2. The predicted molar refractivity (Wildman–Crippen MR) is 125 cm³/mol. The maximum atomic E-state index is 13.7. The van der Waals surface area contributed by atoms with Gasteiger partial charge < -0.3 is 15.1 Å². The van der Waals surface area contributed by atoms with Gasteiger partial charge in [-0.3, -0.25) is 0 Å². The molecule has 1 unspecified atom stereocenters. The molecule has 1 aliphatic heterocycles. The van der Waals surface area contributed by atoms with E-state index in [9.17, 15) is 19.0 Å². The van der Waals surface area contributed by atoms with Crippen molar-refractivity contribution in [3.05, 3.63) is 23.3 Å². The standard InChI is InChI=1S/C27H43F2NO2/c1-18(16-30-12-10-21(17-30)27(3,28)29)24-8-9-25-20(5-4-11-26(24,25)2)7-6-19-13-22(31)15-23(32)14-19/h6-7,18,21-25,31-32H,4-5,8-17H2,1-3H3/b19-6-,20-7+/t18?,21-,22-,23+,24-,25+,26-/m1/s1. The van der Waals surface area contributed by atoms with Gasteiger partial charge in [-0.15, -0.1) is 0 Å². The highest BCUT2D eigenvalue weighted by Gasteiger charge is 2.51. The first-order valence-electron chi connectivity index (χ1n) is 12.9. The highest BCUT2D eigenvalue weighted by Crippen LogP contribution is 2.59. The summed E-state index contributed by atoms with van der Waals surface area (Å²) in [7, 11) is 0. The molecule has 1 saturated heterocycles. The van der Waals surface area contributed by atoms with Crippen molar-refractivity contribution in [1.82, 2.24) is 4.90 Å². The smallest absolute Gasteiger partial charge is 0.249 e. The summed E-state index contributed by atoms with van der Waals surface area (Å²) in [6.07, 6.45) is 12.2. The SMILES string of the molecule is CC(CN1CC[C@@H](C(C)(F)F)C1)[C@H]1CC[C@H]2/C(=C/C=C3/C[C@@H](O)C[C@@H](O)C3)CCC[C@]12C. The third-order valence-electron chi connectivity index (χ3n) is 9.33. The molecule has 4 fully saturated rings. The number of aliphatic hydroxyl groups is 2. The molecule has 0 aromatic carbocycles. The van der Waals surface area contributed by atoms with Crippen LogP contribution >= 0.6 is 0 Å². The van der Waals surface area contributed by atoms with E-state index in [-0.39, 0.29) is 0 Å². The molecule has 1 heterocycles.